The third-order valence-electron chi connectivity index (χ3n) is 6.40. The summed E-state index contributed by atoms with van der Waals surface area (Å²) in [5.41, 5.74) is 0.989. The van der Waals surface area contributed by atoms with Crippen LogP contribution in [0.25, 0.3) is 10.9 Å². The number of carbonyl (C=O) groups excluding carboxylic acids is 1. The van der Waals surface area contributed by atoms with E-state index in [1.165, 1.54) is 0 Å². The maximum Gasteiger partial charge on any atom is 0.255 e. The van der Waals surface area contributed by atoms with Gasteiger partial charge in [0.1, 0.15) is 0 Å². The summed E-state index contributed by atoms with van der Waals surface area (Å²) in [6.07, 6.45) is 1.31. The highest BCUT2D eigenvalue weighted by Crippen LogP contribution is 2.75. The molecule has 2 aromatic rings. The fraction of sp³-hybridized carbons (Fsp3) is 0.474. The predicted molar refractivity (Wildman–Crippen MR) is 88.0 cm³/mol. The molecule has 2 bridgehead atoms. The van der Waals surface area contributed by atoms with Crippen LogP contribution in [0.4, 0.5) is 8.78 Å². The molecule has 1 amide bonds. The first-order chi connectivity index (χ1) is 12.0. The summed E-state index contributed by atoms with van der Waals surface area (Å²) in [4.78, 5) is 27.4. The van der Waals surface area contributed by atoms with Crippen molar-refractivity contribution in [1.29, 1.82) is 0 Å². The number of aromatic nitrogens is 1. The molecular weight excluding hydrogens is 326 g/mol. The number of nitrogens with one attached hydrogen (secondary N) is 2. The monoisotopic (exact) mass is 344 g/mol. The lowest BCUT2D eigenvalue weighted by Crippen LogP contribution is -2.35. The van der Waals surface area contributed by atoms with Crippen LogP contribution in [-0.2, 0) is 11.3 Å². The molecule has 5 unspecified atom stereocenters. The topological polar surface area (TPSA) is 62.0 Å². The molecule has 0 spiro atoms. The fourth-order valence-electron chi connectivity index (χ4n) is 5.27. The van der Waals surface area contributed by atoms with Crippen LogP contribution in [0.1, 0.15) is 18.4 Å². The van der Waals surface area contributed by atoms with E-state index >= 15 is 0 Å². The Hall–Kier alpha value is -2.24. The first-order valence-electron chi connectivity index (χ1n) is 8.73. The summed E-state index contributed by atoms with van der Waals surface area (Å²) in [7, 11) is 0. The van der Waals surface area contributed by atoms with Crippen LogP contribution < -0.4 is 10.9 Å². The Labute approximate surface area is 142 Å². The number of halogens is 2. The van der Waals surface area contributed by atoms with Gasteiger partial charge in [0.2, 0.25) is 5.91 Å². The Kier molecular flexibility index (Phi) is 2.95. The van der Waals surface area contributed by atoms with Crippen molar-refractivity contribution >= 4 is 16.8 Å². The lowest BCUT2D eigenvalue weighted by atomic mass is 9.88. The van der Waals surface area contributed by atoms with E-state index in [-0.39, 0.29) is 35.8 Å². The zero-order valence-corrected chi connectivity index (χ0v) is 13.5. The van der Waals surface area contributed by atoms with E-state index < -0.39 is 17.8 Å². The van der Waals surface area contributed by atoms with Crippen molar-refractivity contribution in [3.05, 3.63) is 46.2 Å². The van der Waals surface area contributed by atoms with Crippen LogP contribution >= 0.6 is 0 Å². The molecule has 1 aromatic heterocycles. The van der Waals surface area contributed by atoms with Gasteiger partial charge in [0.05, 0.1) is 0 Å². The van der Waals surface area contributed by atoms with E-state index in [9.17, 15) is 18.4 Å². The van der Waals surface area contributed by atoms with Crippen molar-refractivity contribution in [1.82, 2.24) is 10.3 Å². The van der Waals surface area contributed by atoms with Crippen LogP contribution in [0.2, 0.25) is 0 Å². The Morgan fingerprint density at radius 1 is 1.24 bits per heavy atom. The first kappa shape index (κ1) is 15.0. The highest BCUT2D eigenvalue weighted by Gasteiger charge is 2.80. The van der Waals surface area contributed by atoms with Crippen molar-refractivity contribution < 1.29 is 13.6 Å². The van der Waals surface area contributed by atoms with Gasteiger partial charge in [0.25, 0.3) is 11.5 Å². The Morgan fingerprint density at radius 3 is 2.84 bits per heavy atom. The summed E-state index contributed by atoms with van der Waals surface area (Å²) in [5.74, 6) is -4.36. The number of para-hydroxylation sites is 1. The van der Waals surface area contributed by atoms with Crippen LogP contribution in [-0.4, -0.2) is 16.8 Å². The van der Waals surface area contributed by atoms with Crippen molar-refractivity contribution in [3.8, 4) is 0 Å². The summed E-state index contributed by atoms with van der Waals surface area (Å²) >= 11 is 0. The van der Waals surface area contributed by atoms with Gasteiger partial charge in [-0.15, -0.1) is 0 Å². The predicted octanol–water partition coefficient (Wildman–Crippen LogP) is 2.68. The van der Waals surface area contributed by atoms with Gasteiger partial charge in [-0.1, -0.05) is 18.2 Å². The fourth-order valence-corrected chi connectivity index (χ4v) is 5.27. The summed E-state index contributed by atoms with van der Waals surface area (Å²) in [6, 6.07) is 9.20. The van der Waals surface area contributed by atoms with Crippen molar-refractivity contribution in [2.24, 2.45) is 29.6 Å². The molecule has 3 aliphatic carbocycles. The Bertz CT molecular complexity index is 938. The maximum atomic E-state index is 13.7. The standard InChI is InChI=1S/C19H18F2N2O2/c20-19(21)15-10-6-12(16(15)19)13(7-10)18(25)22-8-11-5-9-3-1-2-4-14(9)23-17(11)24/h1-5,10,12-13,15-16H,6-8H2,(H,22,25)(H,23,24). The first-order valence-corrected chi connectivity index (χ1v) is 8.73. The minimum absolute atomic E-state index is 0.00942. The molecule has 0 radical (unpaired) electrons. The summed E-state index contributed by atoms with van der Waals surface area (Å²) in [6.45, 7) is 0.122. The van der Waals surface area contributed by atoms with Gasteiger partial charge in [-0.3, -0.25) is 9.59 Å². The molecule has 5 rings (SSSR count). The molecule has 3 fully saturated rings. The molecule has 0 saturated heterocycles. The smallest absolute Gasteiger partial charge is 0.255 e. The van der Waals surface area contributed by atoms with Crippen molar-refractivity contribution in [2.45, 2.75) is 25.3 Å². The van der Waals surface area contributed by atoms with E-state index in [1.54, 1.807) is 6.07 Å². The van der Waals surface area contributed by atoms with Crippen molar-refractivity contribution in [3.63, 3.8) is 0 Å². The number of aromatic amines is 1. The van der Waals surface area contributed by atoms with E-state index in [4.69, 9.17) is 0 Å². The van der Waals surface area contributed by atoms with E-state index in [2.05, 4.69) is 10.3 Å². The number of carbonyl (C=O) groups is 1. The average molecular weight is 344 g/mol. The Balaban J connectivity index is 1.30. The number of fused-ring (bicyclic) bond motifs is 6. The number of H-pyrrole nitrogens is 1. The Morgan fingerprint density at radius 2 is 2.04 bits per heavy atom. The lowest BCUT2D eigenvalue weighted by molar-refractivity contribution is -0.127. The van der Waals surface area contributed by atoms with Gasteiger partial charge in [0, 0.05) is 35.4 Å². The molecular formula is C19H18F2N2O2. The third-order valence-corrected chi connectivity index (χ3v) is 6.40. The van der Waals surface area contributed by atoms with Crippen LogP contribution in [0.3, 0.4) is 0 Å². The van der Waals surface area contributed by atoms with Crippen molar-refractivity contribution in [2.75, 3.05) is 0 Å². The molecule has 3 aliphatic rings. The number of hydrogen-bond acceptors (Lipinski definition) is 2. The maximum absolute atomic E-state index is 13.7. The molecule has 4 nitrogen and oxygen atoms in total. The summed E-state index contributed by atoms with van der Waals surface area (Å²) in [5, 5.41) is 3.69. The van der Waals surface area contributed by atoms with Gasteiger partial charge in [-0.2, -0.15) is 0 Å². The second-order valence-electron chi connectivity index (χ2n) is 7.66. The molecule has 3 saturated carbocycles. The molecule has 130 valence electrons. The zero-order chi connectivity index (χ0) is 17.3. The zero-order valence-electron chi connectivity index (χ0n) is 13.5. The minimum atomic E-state index is -2.56. The molecule has 1 aromatic carbocycles. The van der Waals surface area contributed by atoms with Crippen LogP contribution in [0, 0.1) is 29.6 Å². The number of benzene rings is 1. The highest BCUT2D eigenvalue weighted by atomic mass is 19.3. The number of hydrogen-bond donors (Lipinski definition) is 2. The number of rotatable bonds is 3. The highest BCUT2D eigenvalue weighted by molar-refractivity contribution is 5.81. The SMILES string of the molecule is O=C(NCc1cc2ccccc2[nH]c1=O)C1CC2CC1C1C2C1(F)F. The average Bonchev–Trinajstić information content (AvgIpc) is 2.94. The van der Waals surface area contributed by atoms with Gasteiger partial charge in [-0.05, 0) is 42.2 Å². The van der Waals surface area contributed by atoms with Gasteiger partial charge in [-0.25, -0.2) is 8.78 Å². The molecule has 5 atom stereocenters. The van der Waals surface area contributed by atoms with Gasteiger partial charge >= 0.3 is 0 Å². The summed E-state index contributed by atoms with van der Waals surface area (Å²) < 4.78 is 27.4. The second-order valence-corrected chi connectivity index (χ2v) is 7.66. The quantitative estimate of drug-likeness (QED) is 0.899. The molecule has 6 heteroatoms. The van der Waals surface area contributed by atoms with Gasteiger partial charge in [0.15, 0.2) is 0 Å². The normalized spacial score (nSPS) is 34.1. The van der Waals surface area contributed by atoms with E-state index in [0.29, 0.717) is 12.0 Å². The number of pyridine rings is 1. The third kappa shape index (κ3) is 2.09. The number of amides is 1. The molecule has 1 heterocycles. The molecule has 2 N–H and O–H groups in total. The van der Waals surface area contributed by atoms with Crippen LogP contribution in [0.15, 0.2) is 35.1 Å². The minimum Gasteiger partial charge on any atom is -0.352 e. The van der Waals surface area contributed by atoms with E-state index in [1.807, 2.05) is 24.3 Å². The number of alkyl halides is 2. The largest absolute Gasteiger partial charge is 0.352 e. The van der Waals surface area contributed by atoms with E-state index in [0.717, 1.165) is 17.3 Å². The lowest BCUT2D eigenvalue weighted by Gasteiger charge is -2.19. The second kappa shape index (κ2) is 4.90. The van der Waals surface area contributed by atoms with Gasteiger partial charge < -0.3 is 10.3 Å². The molecule has 0 aliphatic heterocycles. The van der Waals surface area contributed by atoms with Crippen LogP contribution in [0.5, 0.6) is 0 Å². The molecule has 25 heavy (non-hydrogen) atoms.